The first-order valence-corrected chi connectivity index (χ1v) is 7.99. The number of hydrogen-bond donors (Lipinski definition) is 2. The molecule has 2 nitrogen and oxygen atoms in total. The van der Waals surface area contributed by atoms with Crippen LogP contribution in [0.3, 0.4) is 0 Å². The highest BCUT2D eigenvalue weighted by molar-refractivity contribution is 7.99. The maximum absolute atomic E-state index is 10.5. The molecule has 1 saturated carbocycles. The SMILES string of the molecule is CC(C)(C)c1ccc(SCC(O)(CN)C2CC2)cc1. The van der Waals surface area contributed by atoms with Crippen LogP contribution in [0.5, 0.6) is 0 Å². The zero-order valence-corrected chi connectivity index (χ0v) is 13.0. The zero-order chi connectivity index (χ0) is 14.1. The van der Waals surface area contributed by atoms with E-state index in [4.69, 9.17) is 5.73 Å². The van der Waals surface area contributed by atoms with Gasteiger partial charge in [0.2, 0.25) is 0 Å². The molecule has 0 spiro atoms. The number of rotatable bonds is 5. The summed E-state index contributed by atoms with van der Waals surface area (Å²) < 4.78 is 0. The van der Waals surface area contributed by atoms with Gasteiger partial charge in [-0.15, -0.1) is 11.8 Å². The van der Waals surface area contributed by atoms with E-state index >= 15 is 0 Å². The first-order chi connectivity index (χ1) is 8.85. The van der Waals surface area contributed by atoms with Gasteiger partial charge in [0.25, 0.3) is 0 Å². The summed E-state index contributed by atoms with van der Waals surface area (Å²) in [5, 5.41) is 10.5. The predicted molar refractivity (Wildman–Crippen MR) is 82.6 cm³/mol. The second kappa shape index (κ2) is 5.47. The van der Waals surface area contributed by atoms with Crippen LogP contribution in [0, 0.1) is 5.92 Å². The second-order valence-electron chi connectivity index (χ2n) is 6.65. The Bertz CT molecular complexity index is 419. The third-order valence-corrected chi connectivity index (χ3v) is 5.15. The van der Waals surface area contributed by atoms with Crippen molar-refractivity contribution in [2.75, 3.05) is 12.3 Å². The Hall–Kier alpha value is -0.510. The van der Waals surface area contributed by atoms with Gasteiger partial charge in [-0.1, -0.05) is 32.9 Å². The Labute approximate surface area is 120 Å². The highest BCUT2D eigenvalue weighted by Crippen LogP contribution is 2.41. The van der Waals surface area contributed by atoms with E-state index in [9.17, 15) is 5.11 Å². The van der Waals surface area contributed by atoms with Crippen LogP contribution in [0.25, 0.3) is 0 Å². The van der Waals surface area contributed by atoms with Crippen LogP contribution in [-0.4, -0.2) is 23.0 Å². The number of hydrogen-bond acceptors (Lipinski definition) is 3. The lowest BCUT2D eigenvalue weighted by molar-refractivity contribution is 0.0510. The minimum Gasteiger partial charge on any atom is -0.387 e. The molecule has 0 saturated heterocycles. The molecule has 2 rings (SSSR count). The highest BCUT2D eigenvalue weighted by atomic mass is 32.2. The molecule has 0 radical (unpaired) electrons. The van der Waals surface area contributed by atoms with Crippen LogP contribution in [0.2, 0.25) is 0 Å². The van der Waals surface area contributed by atoms with Crippen molar-refractivity contribution in [2.45, 2.75) is 49.5 Å². The summed E-state index contributed by atoms with van der Waals surface area (Å²) in [6.07, 6.45) is 2.24. The maximum Gasteiger partial charge on any atom is 0.0890 e. The van der Waals surface area contributed by atoms with Gasteiger partial charge in [-0.05, 0) is 41.9 Å². The Kier molecular flexibility index (Phi) is 4.29. The maximum atomic E-state index is 10.5. The smallest absolute Gasteiger partial charge is 0.0890 e. The molecular weight excluding hydrogens is 254 g/mol. The fourth-order valence-corrected chi connectivity index (χ4v) is 3.32. The van der Waals surface area contributed by atoms with Crippen LogP contribution in [0.1, 0.15) is 39.2 Å². The van der Waals surface area contributed by atoms with Crippen molar-refractivity contribution in [3.05, 3.63) is 29.8 Å². The van der Waals surface area contributed by atoms with E-state index in [1.54, 1.807) is 11.8 Å². The van der Waals surface area contributed by atoms with Gasteiger partial charge in [0.1, 0.15) is 0 Å². The lowest BCUT2D eigenvalue weighted by Crippen LogP contribution is -2.42. The number of nitrogens with two attached hydrogens (primary N) is 1. The molecule has 1 aliphatic carbocycles. The number of thioether (sulfide) groups is 1. The van der Waals surface area contributed by atoms with Crippen molar-refractivity contribution < 1.29 is 5.11 Å². The summed E-state index contributed by atoms with van der Waals surface area (Å²) in [4.78, 5) is 1.21. The molecule has 1 unspecified atom stereocenters. The van der Waals surface area contributed by atoms with E-state index in [2.05, 4.69) is 45.0 Å². The molecule has 1 aromatic carbocycles. The fraction of sp³-hybridized carbons (Fsp3) is 0.625. The summed E-state index contributed by atoms with van der Waals surface area (Å²) in [6, 6.07) is 8.66. The predicted octanol–water partition coefficient (Wildman–Crippen LogP) is 3.18. The second-order valence-corrected chi connectivity index (χ2v) is 7.69. The minimum absolute atomic E-state index is 0.190. The molecule has 0 amide bonds. The molecule has 1 aliphatic rings. The zero-order valence-electron chi connectivity index (χ0n) is 12.1. The van der Waals surface area contributed by atoms with Gasteiger partial charge in [0.15, 0.2) is 0 Å². The van der Waals surface area contributed by atoms with Crippen LogP contribution in [0.4, 0.5) is 0 Å². The van der Waals surface area contributed by atoms with Crippen molar-refractivity contribution >= 4 is 11.8 Å². The molecular formula is C16H25NOS. The summed E-state index contributed by atoms with van der Waals surface area (Å²) in [5.74, 6) is 1.11. The van der Waals surface area contributed by atoms with Gasteiger partial charge in [-0.2, -0.15) is 0 Å². The molecule has 3 heteroatoms. The molecule has 1 atom stereocenters. The molecule has 3 N–H and O–H groups in total. The highest BCUT2D eigenvalue weighted by Gasteiger charge is 2.42. The molecule has 1 aromatic rings. The normalized spacial score (nSPS) is 19.2. The van der Waals surface area contributed by atoms with Gasteiger partial charge >= 0.3 is 0 Å². The van der Waals surface area contributed by atoms with E-state index in [0.29, 0.717) is 18.2 Å². The average molecular weight is 279 g/mol. The van der Waals surface area contributed by atoms with Crippen molar-refractivity contribution in [3.8, 4) is 0 Å². The van der Waals surface area contributed by atoms with Crippen molar-refractivity contribution in [2.24, 2.45) is 11.7 Å². The van der Waals surface area contributed by atoms with Crippen LogP contribution in [-0.2, 0) is 5.41 Å². The standard InChI is InChI=1S/C16H25NOS/c1-15(2,3)12-6-8-14(9-7-12)19-11-16(18,10-17)13-4-5-13/h6-9,13,18H,4-5,10-11,17H2,1-3H3. The molecule has 0 aliphatic heterocycles. The van der Waals surface area contributed by atoms with Gasteiger partial charge in [-0.3, -0.25) is 0 Å². The van der Waals surface area contributed by atoms with E-state index < -0.39 is 5.60 Å². The van der Waals surface area contributed by atoms with E-state index in [-0.39, 0.29) is 5.41 Å². The summed E-state index contributed by atoms with van der Waals surface area (Å²) in [5.41, 5.74) is 6.59. The van der Waals surface area contributed by atoms with E-state index in [1.165, 1.54) is 10.5 Å². The quantitative estimate of drug-likeness (QED) is 0.814. The Morgan fingerprint density at radius 2 is 1.79 bits per heavy atom. The molecule has 1 fully saturated rings. The summed E-state index contributed by atoms with van der Waals surface area (Å²) >= 11 is 1.71. The topological polar surface area (TPSA) is 46.2 Å². The fourth-order valence-electron chi connectivity index (χ4n) is 2.22. The van der Waals surface area contributed by atoms with Gasteiger partial charge in [-0.25, -0.2) is 0 Å². The van der Waals surface area contributed by atoms with E-state index in [1.807, 2.05) is 0 Å². The Morgan fingerprint density at radius 1 is 1.21 bits per heavy atom. The first kappa shape index (κ1) is 14.9. The van der Waals surface area contributed by atoms with E-state index in [0.717, 1.165) is 12.8 Å². The first-order valence-electron chi connectivity index (χ1n) is 7.01. The Morgan fingerprint density at radius 3 is 2.21 bits per heavy atom. The molecule has 19 heavy (non-hydrogen) atoms. The van der Waals surface area contributed by atoms with Gasteiger partial charge in [0.05, 0.1) is 5.60 Å². The van der Waals surface area contributed by atoms with Gasteiger partial charge in [0, 0.05) is 17.2 Å². The molecule has 0 aromatic heterocycles. The van der Waals surface area contributed by atoms with Crippen molar-refractivity contribution in [3.63, 3.8) is 0 Å². The lowest BCUT2D eigenvalue weighted by atomic mass is 9.87. The monoisotopic (exact) mass is 279 g/mol. The summed E-state index contributed by atoms with van der Waals surface area (Å²) in [6.45, 7) is 7.02. The third kappa shape index (κ3) is 3.74. The number of benzene rings is 1. The summed E-state index contributed by atoms with van der Waals surface area (Å²) in [7, 11) is 0. The molecule has 0 heterocycles. The van der Waals surface area contributed by atoms with Crippen molar-refractivity contribution in [1.82, 2.24) is 0 Å². The van der Waals surface area contributed by atoms with Crippen LogP contribution in [0.15, 0.2) is 29.2 Å². The third-order valence-electron chi connectivity index (χ3n) is 3.90. The van der Waals surface area contributed by atoms with Crippen molar-refractivity contribution in [1.29, 1.82) is 0 Å². The van der Waals surface area contributed by atoms with Crippen LogP contribution < -0.4 is 5.73 Å². The Balaban J connectivity index is 1.96. The van der Waals surface area contributed by atoms with Gasteiger partial charge < -0.3 is 10.8 Å². The largest absolute Gasteiger partial charge is 0.387 e. The number of aliphatic hydroxyl groups is 1. The van der Waals surface area contributed by atoms with Crippen LogP contribution >= 0.6 is 11.8 Å². The molecule has 106 valence electrons. The minimum atomic E-state index is -0.673. The molecule has 0 bridgehead atoms. The average Bonchev–Trinajstić information content (AvgIpc) is 3.20. The lowest BCUT2D eigenvalue weighted by Gasteiger charge is -2.26.